The number of benzene rings is 2. The molecular formula is C21H26O4. The summed E-state index contributed by atoms with van der Waals surface area (Å²) >= 11 is 0. The van der Waals surface area contributed by atoms with Gasteiger partial charge in [-0.3, -0.25) is 0 Å². The Labute approximate surface area is 149 Å². The van der Waals surface area contributed by atoms with Crippen molar-refractivity contribution in [3.8, 4) is 5.75 Å². The molecule has 4 heteroatoms. The van der Waals surface area contributed by atoms with E-state index in [0.29, 0.717) is 26.2 Å². The van der Waals surface area contributed by atoms with Gasteiger partial charge in [-0.2, -0.15) is 0 Å². The van der Waals surface area contributed by atoms with Crippen LogP contribution in [-0.2, 0) is 27.1 Å². The number of hydrogen-bond acceptors (Lipinski definition) is 4. The Morgan fingerprint density at radius 2 is 1.64 bits per heavy atom. The first-order chi connectivity index (χ1) is 12.2. The molecule has 0 saturated carbocycles. The highest BCUT2D eigenvalue weighted by Crippen LogP contribution is 2.15. The molecule has 0 aromatic heterocycles. The Morgan fingerprint density at radius 1 is 0.920 bits per heavy atom. The lowest BCUT2D eigenvalue weighted by atomic mass is 10.1. The lowest BCUT2D eigenvalue weighted by molar-refractivity contribution is -0.156. The Hall–Kier alpha value is -2.33. The molecule has 2 rings (SSSR count). The Balaban J connectivity index is 1.84. The maximum absolute atomic E-state index is 11.9. The van der Waals surface area contributed by atoms with Gasteiger partial charge in [0.2, 0.25) is 0 Å². The van der Waals surface area contributed by atoms with Gasteiger partial charge in [0, 0.05) is 19.4 Å². The van der Waals surface area contributed by atoms with Gasteiger partial charge < -0.3 is 14.2 Å². The Bertz CT molecular complexity index is 622. The van der Waals surface area contributed by atoms with E-state index in [1.807, 2.05) is 49.4 Å². The topological polar surface area (TPSA) is 44.8 Å². The van der Waals surface area contributed by atoms with Crippen molar-refractivity contribution in [1.29, 1.82) is 0 Å². The van der Waals surface area contributed by atoms with Crippen LogP contribution in [0.4, 0.5) is 0 Å². The maximum atomic E-state index is 11.9. The molecule has 2 aromatic carbocycles. The summed E-state index contributed by atoms with van der Waals surface area (Å²) in [5.41, 5.74) is 2.27. The number of carbonyl (C=O) groups excluding carboxylic acids is 1. The minimum atomic E-state index is -0.560. The second-order valence-electron chi connectivity index (χ2n) is 5.63. The van der Waals surface area contributed by atoms with Crippen LogP contribution >= 0.6 is 0 Å². The van der Waals surface area contributed by atoms with Gasteiger partial charge in [-0.15, -0.1) is 0 Å². The van der Waals surface area contributed by atoms with Crippen molar-refractivity contribution < 1.29 is 19.0 Å². The average molecular weight is 342 g/mol. The summed E-state index contributed by atoms with van der Waals surface area (Å²) in [7, 11) is 0. The second-order valence-corrected chi connectivity index (χ2v) is 5.63. The van der Waals surface area contributed by atoms with Crippen LogP contribution in [0.25, 0.3) is 0 Å². The van der Waals surface area contributed by atoms with Crippen LogP contribution in [-0.4, -0.2) is 31.9 Å². The molecule has 0 aliphatic carbocycles. The molecule has 0 saturated heterocycles. The molecular weight excluding hydrogens is 316 g/mol. The number of esters is 1. The van der Waals surface area contributed by atoms with Crippen molar-refractivity contribution in [3.05, 3.63) is 65.7 Å². The van der Waals surface area contributed by atoms with Crippen molar-refractivity contribution in [3.63, 3.8) is 0 Å². The zero-order chi connectivity index (χ0) is 17.9. The van der Waals surface area contributed by atoms with Crippen molar-refractivity contribution in [2.24, 2.45) is 0 Å². The van der Waals surface area contributed by atoms with Gasteiger partial charge in [0.05, 0.1) is 13.2 Å². The van der Waals surface area contributed by atoms with Gasteiger partial charge in [0.15, 0.2) is 6.10 Å². The molecule has 0 heterocycles. The van der Waals surface area contributed by atoms with Crippen LogP contribution in [0.15, 0.2) is 54.6 Å². The monoisotopic (exact) mass is 342 g/mol. The molecule has 0 aliphatic heterocycles. The van der Waals surface area contributed by atoms with Crippen molar-refractivity contribution in [2.75, 3.05) is 19.8 Å². The van der Waals surface area contributed by atoms with E-state index in [-0.39, 0.29) is 5.97 Å². The average Bonchev–Trinajstić information content (AvgIpc) is 2.64. The molecule has 1 atom stereocenters. The van der Waals surface area contributed by atoms with Crippen molar-refractivity contribution >= 4 is 5.97 Å². The third kappa shape index (κ3) is 6.59. The Kier molecular flexibility index (Phi) is 7.99. The normalized spacial score (nSPS) is 11.8. The smallest absolute Gasteiger partial charge is 0.335 e. The number of hydrogen-bond donors (Lipinski definition) is 0. The molecule has 0 N–H and O–H groups in total. The van der Waals surface area contributed by atoms with Gasteiger partial charge in [0.1, 0.15) is 5.75 Å². The van der Waals surface area contributed by atoms with Gasteiger partial charge in [-0.05, 0) is 37.1 Å². The molecule has 0 radical (unpaired) electrons. The number of ether oxygens (including phenoxy) is 3. The third-order valence-corrected chi connectivity index (χ3v) is 3.76. The SMILES string of the molecule is CCOC(=O)[C@@H](Cc1ccc(OCCc2ccccc2)cc1)OCC. The van der Waals surface area contributed by atoms with Crippen LogP contribution in [0.5, 0.6) is 5.75 Å². The predicted molar refractivity (Wildman–Crippen MR) is 97.8 cm³/mol. The molecule has 0 unspecified atom stereocenters. The molecule has 2 aromatic rings. The highest BCUT2D eigenvalue weighted by atomic mass is 16.6. The van der Waals surface area contributed by atoms with Gasteiger partial charge >= 0.3 is 5.97 Å². The summed E-state index contributed by atoms with van der Waals surface area (Å²) in [6.07, 6.45) is 0.810. The van der Waals surface area contributed by atoms with Gasteiger partial charge in [-0.25, -0.2) is 4.79 Å². The minimum absolute atomic E-state index is 0.312. The van der Waals surface area contributed by atoms with Gasteiger partial charge in [-0.1, -0.05) is 42.5 Å². The van der Waals surface area contributed by atoms with E-state index in [2.05, 4.69) is 12.1 Å². The van der Waals surface area contributed by atoms with Crippen molar-refractivity contribution in [2.45, 2.75) is 32.8 Å². The van der Waals surface area contributed by atoms with Crippen LogP contribution in [0, 0.1) is 0 Å². The van der Waals surface area contributed by atoms with Gasteiger partial charge in [0.25, 0.3) is 0 Å². The molecule has 0 amide bonds. The lowest BCUT2D eigenvalue weighted by Crippen LogP contribution is -2.28. The molecule has 0 fully saturated rings. The highest BCUT2D eigenvalue weighted by molar-refractivity contribution is 5.75. The third-order valence-electron chi connectivity index (χ3n) is 3.76. The summed E-state index contributed by atoms with van der Waals surface area (Å²) in [6, 6.07) is 18.0. The van der Waals surface area contributed by atoms with Crippen LogP contribution in [0.3, 0.4) is 0 Å². The van der Waals surface area contributed by atoms with Crippen LogP contribution < -0.4 is 4.74 Å². The largest absolute Gasteiger partial charge is 0.493 e. The second kappa shape index (κ2) is 10.5. The summed E-state index contributed by atoms with van der Waals surface area (Å²) in [6.45, 7) is 5.13. The van der Waals surface area contributed by atoms with E-state index in [9.17, 15) is 4.79 Å². The summed E-state index contributed by atoms with van der Waals surface area (Å²) < 4.78 is 16.3. The summed E-state index contributed by atoms with van der Waals surface area (Å²) in [4.78, 5) is 11.9. The molecule has 0 spiro atoms. The van der Waals surface area contributed by atoms with E-state index >= 15 is 0 Å². The van der Waals surface area contributed by atoms with Crippen molar-refractivity contribution in [1.82, 2.24) is 0 Å². The maximum Gasteiger partial charge on any atom is 0.335 e. The first-order valence-electron chi connectivity index (χ1n) is 8.76. The van der Waals surface area contributed by atoms with E-state index in [4.69, 9.17) is 14.2 Å². The quantitative estimate of drug-likeness (QED) is 0.616. The van der Waals surface area contributed by atoms with E-state index in [0.717, 1.165) is 17.7 Å². The minimum Gasteiger partial charge on any atom is -0.493 e. The highest BCUT2D eigenvalue weighted by Gasteiger charge is 2.20. The molecule has 134 valence electrons. The first-order valence-corrected chi connectivity index (χ1v) is 8.76. The Morgan fingerprint density at radius 3 is 2.28 bits per heavy atom. The number of rotatable bonds is 10. The molecule has 0 bridgehead atoms. The predicted octanol–water partition coefficient (Wildman–Crippen LogP) is 3.82. The standard InChI is InChI=1S/C21H26O4/c1-3-23-20(21(22)24-4-2)16-18-10-12-19(13-11-18)25-15-14-17-8-6-5-7-9-17/h5-13,20H,3-4,14-16H2,1-2H3/t20-/m1/s1. The zero-order valence-corrected chi connectivity index (χ0v) is 14.9. The fourth-order valence-electron chi connectivity index (χ4n) is 2.51. The zero-order valence-electron chi connectivity index (χ0n) is 14.9. The fraction of sp³-hybridized carbons (Fsp3) is 0.381. The number of carbonyl (C=O) groups is 1. The molecule has 25 heavy (non-hydrogen) atoms. The van der Waals surface area contributed by atoms with E-state index in [1.165, 1.54) is 5.56 Å². The first kappa shape index (κ1) is 19.0. The van der Waals surface area contributed by atoms with Crippen LogP contribution in [0.1, 0.15) is 25.0 Å². The summed E-state index contributed by atoms with van der Waals surface area (Å²) in [5, 5.41) is 0. The van der Waals surface area contributed by atoms with Crippen LogP contribution in [0.2, 0.25) is 0 Å². The lowest BCUT2D eigenvalue weighted by Gasteiger charge is -2.15. The molecule has 0 aliphatic rings. The molecule has 4 nitrogen and oxygen atoms in total. The summed E-state index contributed by atoms with van der Waals surface area (Å²) in [5.74, 6) is 0.510. The van der Waals surface area contributed by atoms with E-state index < -0.39 is 6.10 Å². The fourth-order valence-corrected chi connectivity index (χ4v) is 2.51. The van der Waals surface area contributed by atoms with E-state index in [1.54, 1.807) is 6.92 Å².